The summed E-state index contributed by atoms with van der Waals surface area (Å²) in [6.45, 7) is 1.12. The highest BCUT2D eigenvalue weighted by Crippen LogP contribution is 2.28. The average molecular weight is 261 g/mol. The van der Waals surface area contributed by atoms with Crippen LogP contribution in [0.15, 0.2) is 18.2 Å². The van der Waals surface area contributed by atoms with Crippen LogP contribution in [0.2, 0.25) is 5.02 Å². The fourth-order valence-electron chi connectivity index (χ4n) is 1.39. The zero-order valence-corrected chi connectivity index (χ0v) is 10.7. The van der Waals surface area contributed by atoms with E-state index in [0.717, 1.165) is 0 Å². The standard InChI is InChI=1S/C12H17ClO4/c1-15-5-6-17-8-11(14)10-7-9(13)3-4-12(10)16-2/h3-4,7,11,14H,5-6,8H2,1-2H3. The van der Waals surface area contributed by atoms with Gasteiger partial charge in [0.25, 0.3) is 0 Å². The molecule has 0 aliphatic heterocycles. The van der Waals surface area contributed by atoms with E-state index in [1.54, 1.807) is 32.4 Å². The van der Waals surface area contributed by atoms with Gasteiger partial charge in [-0.2, -0.15) is 0 Å². The second-order valence-corrected chi connectivity index (χ2v) is 3.91. The maximum absolute atomic E-state index is 9.95. The van der Waals surface area contributed by atoms with Crippen LogP contribution in [0.4, 0.5) is 0 Å². The molecule has 0 radical (unpaired) electrons. The van der Waals surface area contributed by atoms with E-state index in [1.807, 2.05) is 0 Å². The Morgan fingerprint density at radius 1 is 1.29 bits per heavy atom. The second-order valence-electron chi connectivity index (χ2n) is 3.47. The molecular weight excluding hydrogens is 244 g/mol. The van der Waals surface area contributed by atoms with Crippen LogP contribution in [0.1, 0.15) is 11.7 Å². The third-order valence-corrected chi connectivity index (χ3v) is 2.49. The summed E-state index contributed by atoms with van der Waals surface area (Å²) in [5.74, 6) is 0.595. The third kappa shape index (κ3) is 4.52. The molecule has 1 N–H and O–H groups in total. The van der Waals surface area contributed by atoms with E-state index in [-0.39, 0.29) is 6.61 Å². The molecule has 0 aliphatic carbocycles. The van der Waals surface area contributed by atoms with E-state index in [0.29, 0.717) is 29.5 Å². The zero-order valence-electron chi connectivity index (χ0n) is 9.98. The van der Waals surface area contributed by atoms with Crippen LogP contribution in [0.5, 0.6) is 5.75 Å². The van der Waals surface area contributed by atoms with Crippen molar-refractivity contribution >= 4 is 11.6 Å². The molecule has 1 aromatic rings. The normalized spacial score (nSPS) is 12.5. The molecule has 96 valence electrons. The van der Waals surface area contributed by atoms with E-state index < -0.39 is 6.10 Å². The zero-order chi connectivity index (χ0) is 12.7. The van der Waals surface area contributed by atoms with Gasteiger partial charge in [0.15, 0.2) is 0 Å². The molecule has 1 atom stereocenters. The highest BCUT2D eigenvalue weighted by Gasteiger charge is 2.13. The van der Waals surface area contributed by atoms with Crippen LogP contribution >= 0.6 is 11.6 Å². The number of hydrogen-bond donors (Lipinski definition) is 1. The first-order chi connectivity index (χ1) is 8.19. The fourth-order valence-corrected chi connectivity index (χ4v) is 1.57. The van der Waals surface area contributed by atoms with Crippen molar-refractivity contribution in [2.24, 2.45) is 0 Å². The van der Waals surface area contributed by atoms with Crippen molar-refractivity contribution < 1.29 is 19.3 Å². The highest BCUT2D eigenvalue weighted by atomic mass is 35.5. The van der Waals surface area contributed by atoms with Crippen LogP contribution in [-0.2, 0) is 9.47 Å². The lowest BCUT2D eigenvalue weighted by molar-refractivity contribution is 0.0118. The molecule has 0 saturated carbocycles. The van der Waals surface area contributed by atoms with Crippen molar-refractivity contribution in [3.05, 3.63) is 28.8 Å². The Hall–Kier alpha value is -0.810. The van der Waals surface area contributed by atoms with Gasteiger partial charge in [-0.05, 0) is 18.2 Å². The third-order valence-electron chi connectivity index (χ3n) is 2.26. The number of ether oxygens (including phenoxy) is 3. The van der Waals surface area contributed by atoms with Crippen LogP contribution < -0.4 is 4.74 Å². The molecule has 4 nitrogen and oxygen atoms in total. The number of halogens is 1. The number of rotatable bonds is 7. The van der Waals surface area contributed by atoms with Crippen molar-refractivity contribution in [2.45, 2.75) is 6.10 Å². The van der Waals surface area contributed by atoms with Gasteiger partial charge in [0.2, 0.25) is 0 Å². The fraction of sp³-hybridized carbons (Fsp3) is 0.500. The molecule has 17 heavy (non-hydrogen) atoms. The average Bonchev–Trinajstić information content (AvgIpc) is 2.34. The van der Waals surface area contributed by atoms with Gasteiger partial charge in [-0.1, -0.05) is 11.6 Å². The minimum Gasteiger partial charge on any atom is -0.496 e. The van der Waals surface area contributed by atoms with E-state index in [9.17, 15) is 5.11 Å². The molecule has 0 aromatic heterocycles. The molecular formula is C12H17ClO4. The second kappa shape index (κ2) is 7.50. The van der Waals surface area contributed by atoms with Gasteiger partial charge in [-0.3, -0.25) is 0 Å². The molecule has 1 aromatic carbocycles. The van der Waals surface area contributed by atoms with Crippen molar-refractivity contribution in [1.29, 1.82) is 0 Å². The Morgan fingerprint density at radius 3 is 2.71 bits per heavy atom. The summed E-state index contributed by atoms with van der Waals surface area (Å²) < 4.78 is 15.2. The highest BCUT2D eigenvalue weighted by molar-refractivity contribution is 6.30. The minimum absolute atomic E-state index is 0.181. The van der Waals surface area contributed by atoms with Crippen molar-refractivity contribution in [3.8, 4) is 5.75 Å². The molecule has 0 saturated heterocycles. The molecule has 5 heteroatoms. The first-order valence-corrected chi connectivity index (χ1v) is 5.65. The quantitative estimate of drug-likeness (QED) is 0.763. The lowest BCUT2D eigenvalue weighted by atomic mass is 10.1. The van der Waals surface area contributed by atoms with Gasteiger partial charge in [0.1, 0.15) is 11.9 Å². The van der Waals surface area contributed by atoms with Crippen LogP contribution in [-0.4, -0.2) is 39.1 Å². The van der Waals surface area contributed by atoms with Crippen LogP contribution in [0, 0.1) is 0 Å². The number of methoxy groups -OCH3 is 2. The Bertz CT molecular complexity index is 343. The number of aliphatic hydroxyl groups excluding tert-OH is 1. The van der Waals surface area contributed by atoms with Crippen LogP contribution in [0.25, 0.3) is 0 Å². The summed E-state index contributed by atoms with van der Waals surface area (Å²) in [6.07, 6.45) is -0.763. The van der Waals surface area contributed by atoms with Gasteiger partial charge < -0.3 is 19.3 Å². The van der Waals surface area contributed by atoms with E-state index in [4.69, 9.17) is 25.8 Å². The van der Waals surface area contributed by atoms with E-state index in [1.165, 1.54) is 0 Å². The number of benzene rings is 1. The molecule has 0 bridgehead atoms. The predicted octanol–water partition coefficient (Wildman–Crippen LogP) is 2.04. The molecule has 0 heterocycles. The number of aliphatic hydroxyl groups is 1. The van der Waals surface area contributed by atoms with E-state index >= 15 is 0 Å². The molecule has 1 unspecified atom stereocenters. The first-order valence-electron chi connectivity index (χ1n) is 5.27. The summed E-state index contributed by atoms with van der Waals surface area (Å²) in [7, 11) is 3.14. The predicted molar refractivity (Wildman–Crippen MR) is 65.7 cm³/mol. The van der Waals surface area contributed by atoms with Gasteiger partial charge in [-0.25, -0.2) is 0 Å². The molecule has 0 fully saturated rings. The van der Waals surface area contributed by atoms with Gasteiger partial charge in [-0.15, -0.1) is 0 Å². The summed E-state index contributed by atoms with van der Waals surface area (Å²) in [4.78, 5) is 0. The van der Waals surface area contributed by atoms with Gasteiger partial charge in [0.05, 0.1) is 26.9 Å². The Labute approximate surface area is 106 Å². The monoisotopic (exact) mass is 260 g/mol. The van der Waals surface area contributed by atoms with Crippen molar-refractivity contribution in [3.63, 3.8) is 0 Å². The first kappa shape index (κ1) is 14.3. The van der Waals surface area contributed by atoms with Gasteiger partial charge >= 0.3 is 0 Å². The van der Waals surface area contributed by atoms with Crippen LogP contribution in [0.3, 0.4) is 0 Å². The lowest BCUT2D eigenvalue weighted by Gasteiger charge is -2.15. The molecule has 1 rings (SSSR count). The number of hydrogen-bond acceptors (Lipinski definition) is 4. The maximum atomic E-state index is 9.95. The lowest BCUT2D eigenvalue weighted by Crippen LogP contribution is -2.11. The van der Waals surface area contributed by atoms with E-state index in [2.05, 4.69) is 0 Å². The summed E-state index contributed by atoms with van der Waals surface area (Å²) in [6, 6.07) is 5.10. The van der Waals surface area contributed by atoms with Crippen molar-refractivity contribution in [1.82, 2.24) is 0 Å². The molecule has 0 spiro atoms. The Morgan fingerprint density at radius 2 is 2.06 bits per heavy atom. The summed E-state index contributed by atoms with van der Waals surface area (Å²) in [5, 5.41) is 10.5. The Balaban J connectivity index is 2.60. The maximum Gasteiger partial charge on any atom is 0.124 e. The minimum atomic E-state index is -0.763. The summed E-state index contributed by atoms with van der Waals surface area (Å²) >= 11 is 5.87. The smallest absolute Gasteiger partial charge is 0.124 e. The van der Waals surface area contributed by atoms with Crippen molar-refractivity contribution in [2.75, 3.05) is 34.0 Å². The Kier molecular flexibility index (Phi) is 6.29. The largest absolute Gasteiger partial charge is 0.496 e. The SMILES string of the molecule is COCCOCC(O)c1cc(Cl)ccc1OC. The molecule has 0 aliphatic rings. The molecule has 0 amide bonds. The van der Waals surface area contributed by atoms with Gasteiger partial charge in [0, 0.05) is 17.7 Å². The summed E-state index contributed by atoms with van der Waals surface area (Å²) in [5.41, 5.74) is 0.623. The topological polar surface area (TPSA) is 47.9 Å².